The SMILES string of the molecule is C=Cc1sc2c(c1CCC)CCC=C2. The molecule has 74 valence electrons. The molecule has 0 saturated carbocycles. The Balaban J connectivity index is 2.48. The predicted octanol–water partition coefficient (Wildman–Crippen LogP) is 4.30. The fraction of sp³-hybridized carbons (Fsp3) is 0.385. The van der Waals surface area contributed by atoms with Crippen molar-refractivity contribution in [2.45, 2.75) is 32.6 Å². The van der Waals surface area contributed by atoms with Crippen molar-refractivity contribution in [1.82, 2.24) is 0 Å². The first kappa shape index (κ1) is 9.72. The smallest absolute Gasteiger partial charge is 0.0308 e. The number of fused-ring (bicyclic) bond motifs is 1. The maximum Gasteiger partial charge on any atom is 0.0308 e. The molecule has 0 fully saturated rings. The lowest BCUT2D eigenvalue weighted by Crippen LogP contribution is -1.95. The summed E-state index contributed by atoms with van der Waals surface area (Å²) in [5.74, 6) is 0. The van der Waals surface area contributed by atoms with Crippen LogP contribution >= 0.6 is 11.3 Å². The average Bonchev–Trinajstić information content (AvgIpc) is 2.58. The minimum atomic E-state index is 1.21. The van der Waals surface area contributed by atoms with E-state index in [2.05, 4.69) is 25.7 Å². The van der Waals surface area contributed by atoms with Crippen LogP contribution in [0.3, 0.4) is 0 Å². The molecule has 0 spiro atoms. The van der Waals surface area contributed by atoms with E-state index in [0.29, 0.717) is 0 Å². The second-order valence-electron chi connectivity index (χ2n) is 3.68. The van der Waals surface area contributed by atoms with Crippen LogP contribution in [0.5, 0.6) is 0 Å². The molecule has 1 aromatic heterocycles. The second-order valence-corrected chi connectivity index (χ2v) is 4.77. The third-order valence-corrected chi connectivity index (χ3v) is 3.93. The van der Waals surface area contributed by atoms with E-state index in [1.54, 1.807) is 11.1 Å². The fourth-order valence-electron chi connectivity index (χ4n) is 2.05. The molecule has 0 saturated heterocycles. The van der Waals surface area contributed by atoms with E-state index in [1.807, 2.05) is 17.4 Å². The van der Waals surface area contributed by atoms with E-state index in [4.69, 9.17) is 0 Å². The topological polar surface area (TPSA) is 0 Å². The zero-order chi connectivity index (χ0) is 9.97. The molecule has 1 heterocycles. The van der Waals surface area contributed by atoms with Gasteiger partial charge in [-0.2, -0.15) is 0 Å². The van der Waals surface area contributed by atoms with Gasteiger partial charge in [0.05, 0.1) is 0 Å². The van der Waals surface area contributed by atoms with E-state index >= 15 is 0 Å². The Bertz CT molecular complexity index is 369. The zero-order valence-corrected chi connectivity index (χ0v) is 9.49. The summed E-state index contributed by atoms with van der Waals surface area (Å²) in [5, 5.41) is 0. The number of rotatable bonds is 3. The maximum atomic E-state index is 3.90. The van der Waals surface area contributed by atoms with Crippen molar-refractivity contribution in [2.24, 2.45) is 0 Å². The van der Waals surface area contributed by atoms with E-state index < -0.39 is 0 Å². The van der Waals surface area contributed by atoms with Crippen LogP contribution in [-0.4, -0.2) is 0 Å². The Morgan fingerprint density at radius 1 is 1.57 bits per heavy atom. The quantitative estimate of drug-likeness (QED) is 0.688. The number of allylic oxidation sites excluding steroid dienone is 1. The highest BCUT2D eigenvalue weighted by atomic mass is 32.1. The van der Waals surface area contributed by atoms with Crippen molar-refractivity contribution in [1.29, 1.82) is 0 Å². The van der Waals surface area contributed by atoms with Gasteiger partial charge in [0.15, 0.2) is 0 Å². The molecule has 0 unspecified atom stereocenters. The summed E-state index contributed by atoms with van der Waals surface area (Å²) in [6.45, 7) is 6.15. The molecule has 1 aromatic rings. The van der Waals surface area contributed by atoms with Gasteiger partial charge in [-0.15, -0.1) is 11.3 Å². The normalized spacial score (nSPS) is 14.1. The van der Waals surface area contributed by atoms with Crippen LogP contribution in [0.25, 0.3) is 12.2 Å². The van der Waals surface area contributed by atoms with Gasteiger partial charge in [-0.05, 0) is 36.5 Å². The molecule has 0 bridgehead atoms. The largest absolute Gasteiger partial charge is 0.136 e. The monoisotopic (exact) mass is 204 g/mol. The summed E-state index contributed by atoms with van der Waals surface area (Å²) in [7, 11) is 0. The first-order valence-electron chi connectivity index (χ1n) is 5.30. The Labute approximate surface area is 90.0 Å². The van der Waals surface area contributed by atoms with Gasteiger partial charge in [0, 0.05) is 9.75 Å². The third-order valence-electron chi connectivity index (χ3n) is 2.69. The van der Waals surface area contributed by atoms with Crippen molar-refractivity contribution in [2.75, 3.05) is 0 Å². The predicted molar refractivity (Wildman–Crippen MR) is 65.8 cm³/mol. The fourth-order valence-corrected chi connectivity index (χ4v) is 3.24. The summed E-state index contributed by atoms with van der Waals surface area (Å²) >= 11 is 1.90. The molecule has 1 heteroatoms. The number of hydrogen-bond donors (Lipinski definition) is 0. The lowest BCUT2D eigenvalue weighted by Gasteiger charge is -2.07. The highest BCUT2D eigenvalue weighted by Crippen LogP contribution is 2.34. The zero-order valence-electron chi connectivity index (χ0n) is 8.68. The Morgan fingerprint density at radius 3 is 3.14 bits per heavy atom. The molecule has 0 aliphatic heterocycles. The van der Waals surface area contributed by atoms with Gasteiger partial charge in [-0.25, -0.2) is 0 Å². The van der Waals surface area contributed by atoms with Gasteiger partial charge in [0.25, 0.3) is 0 Å². The average molecular weight is 204 g/mol. The van der Waals surface area contributed by atoms with Crippen LogP contribution < -0.4 is 0 Å². The maximum absolute atomic E-state index is 3.90. The minimum absolute atomic E-state index is 1.21. The first-order valence-corrected chi connectivity index (χ1v) is 6.12. The van der Waals surface area contributed by atoms with Gasteiger partial charge in [-0.3, -0.25) is 0 Å². The van der Waals surface area contributed by atoms with Gasteiger partial charge in [-0.1, -0.05) is 32.1 Å². The molecule has 1 aliphatic rings. The van der Waals surface area contributed by atoms with Crippen LogP contribution in [0, 0.1) is 0 Å². The molecular formula is C13H16S. The Kier molecular flexibility index (Phi) is 2.87. The highest BCUT2D eigenvalue weighted by Gasteiger charge is 2.15. The standard InChI is InChI=1S/C13H16S/c1-3-7-10-11-8-5-6-9-13(11)14-12(10)4-2/h4,6,9H,2-3,5,7-8H2,1H3. The van der Waals surface area contributed by atoms with Crippen molar-refractivity contribution in [3.8, 4) is 0 Å². The lowest BCUT2D eigenvalue weighted by molar-refractivity contribution is 0.886. The molecule has 0 atom stereocenters. The molecule has 0 nitrogen and oxygen atoms in total. The van der Waals surface area contributed by atoms with Gasteiger partial charge >= 0.3 is 0 Å². The lowest BCUT2D eigenvalue weighted by atomic mass is 9.97. The number of thiophene rings is 1. The molecular weight excluding hydrogens is 188 g/mol. The second kappa shape index (κ2) is 4.14. The van der Waals surface area contributed by atoms with E-state index in [-0.39, 0.29) is 0 Å². The van der Waals surface area contributed by atoms with Crippen LogP contribution in [-0.2, 0) is 12.8 Å². The molecule has 0 aromatic carbocycles. The summed E-state index contributed by atoms with van der Waals surface area (Å²) in [5.41, 5.74) is 3.15. The van der Waals surface area contributed by atoms with Gasteiger partial charge < -0.3 is 0 Å². The van der Waals surface area contributed by atoms with E-state index in [9.17, 15) is 0 Å². The van der Waals surface area contributed by atoms with Crippen molar-refractivity contribution < 1.29 is 0 Å². The summed E-state index contributed by atoms with van der Waals surface area (Å²) in [6.07, 6.45) is 11.4. The molecule has 0 amide bonds. The summed E-state index contributed by atoms with van der Waals surface area (Å²) in [6, 6.07) is 0. The van der Waals surface area contributed by atoms with Crippen molar-refractivity contribution >= 4 is 23.5 Å². The van der Waals surface area contributed by atoms with Crippen LogP contribution in [0.1, 0.15) is 40.6 Å². The van der Waals surface area contributed by atoms with E-state index in [1.165, 1.54) is 35.4 Å². The van der Waals surface area contributed by atoms with E-state index in [0.717, 1.165) is 0 Å². The molecule has 2 rings (SSSR count). The molecule has 0 N–H and O–H groups in total. The molecule has 1 aliphatic carbocycles. The van der Waals surface area contributed by atoms with Crippen LogP contribution in [0.2, 0.25) is 0 Å². The van der Waals surface area contributed by atoms with Crippen LogP contribution in [0.4, 0.5) is 0 Å². The Hall–Kier alpha value is -0.820. The number of hydrogen-bond acceptors (Lipinski definition) is 1. The molecule has 14 heavy (non-hydrogen) atoms. The summed E-state index contributed by atoms with van der Waals surface area (Å²) < 4.78 is 0. The van der Waals surface area contributed by atoms with Crippen LogP contribution in [0.15, 0.2) is 12.7 Å². The van der Waals surface area contributed by atoms with Crippen molar-refractivity contribution in [3.63, 3.8) is 0 Å². The van der Waals surface area contributed by atoms with Crippen molar-refractivity contribution in [3.05, 3.63) is 33.5 Å². The molecule has 0 radical (unpaired) electrons. The third kappa shape index (κ3) is 1.57. The van der Waals surface area contributed by atoms with Gasteiger partial charge in [0.2, 0.25) is 0 Å². The highest BCUT2D eigenvalue weighted by molar-refractivity contribution is 7.14. The summed E-state index contributed by atoms with van der Waals surface area (Å²) in [4.78, 5) is 2.86. The first-order chi connectivity index (χ1) is 6.86. The van der Waals surface area contributed by atoms with Gasteiger partial charge in [0.1, 0.15) is 0 Å². The minimum Gasteiger partial charge on any atom is -0.136 e. The Morgan fingerprint density at radius 2 is 2.43 bits per heavy atom.